The molecule has 7 nitrogen and oxygen atoms in total. The number of halogens is 1. The van der Waals surface area contributed by atoms with E-state index in [1.165, 1.54) is 24.3 Å². The van der Waals surface area contributed by atoms with Crippen LogP contribution in [0.15, 0.2) is 29.2 Å². The summed E-state index contributed by atoms with van der Waals surface area (Å²) in [7, 11) is -4.82. The number of hydrogen-bond acceptors (Lipinski definition) is 6. The quantitative estimate of drug-likeness (QED) is 0.681. The Morgan fingerprint density at radius 2 is 1.77 bits per heavy atom. The maximum atomic E-state index is 13.1. The van der Waals surface area contributed by atoms with E-state index >= 15 is 0 Å². The molecule has 22 heavy (non-hydrogen) atoms. The van der Waals surface area contributed by atoms with E-state index in [4.69, 9.17) is 0 Å². The molecule has 0 saturated carbocycles. The summed E-state index contributed by atoms with van der Waals surface area (Å²) in [5.74, 6) is 0. The van der Waals surface area contributed by atoms with E-state index in [-0.39, 0.29) is 10.5 Å². The summed E-state index contributed by atoms with van der Waals surface area (Å²) in [5, 5.41) is 12.4. The van der Waals surface area contributed by atoms with Crippen molar-refractivity contribution in [3.8, 4) is 0 Å². The van der Waals surface area contributed by atoms with Gasteiger partial charge in [0, 0.05) is 20.5 Å². The monoisotopic (exact) mass is 355 g/mol. The van der Waals surface area contributed by atoms with E-state index < -0.39 is 36.4 Å². The maximum absolute atomic E-state index is 13.1. The van der Waals surface area contributed by atoms with Crippen LogP contribution in [0.3, 0.4) is 0 Å². The van der Waals surface area contributed by atoms with Gasteiger partial charge in [-0.2, -0.15) is 0 Å². The molecule has 0 aliphatic carbocycles. The van der Waals surface area contributed by atoms with Gasteiger partial charge in [-0.05, 0) is 17.7 Å². The van der Waals surface area contributed by atoms with Crippen molar-refractivity contribution in [1.29, 1.82) is 0 Å². The first-order chi connectivity index (χ1) is 10.2. The van der Waals surface area contributed by atoms with Crippen molar-refractivity contribution in [3.05, 3.63) is 29.8 Å². The van der Waals surface area contributed by atoms with Crippen LogP contribution in [0.25, 0.3) is 0 Å². The summed E-state index contributed by atoms with van der Waals surface area (Å²) in [6.07, 6.45) is -0.310. The van der Waals surface area contributed by atoms with Crippen molar-refractivity contribution >= 4 is 17.6 Å². The molecule has 1 rings (SSSR count). The van der Waals surface area contributed by atoms with Gasteiger partial charge in [0.25, 0.3) is 0 Å². The Bertz CT molecular complexity index is 628. The summed E-state index contributed by atoms with van der Waals surface area (Å²) in [4.78, 5) is 0.0765. The largest absolute Gasteiger partial charge is 0.405 e. The van der Waals surface area contributed by atoms with Crippen molar-refractivity contribution < 1.29 is 31.5 Å². The van der Waals surface area contributed by atoms with Crippen LogP contribution in [-0.2, 0) is 23.4 Å². The van der Waals surface area contributed by atoms with Gasteiger partial charge in [-0.3, -0.25) is 0 Å². The molecule has 0 heterocycles. The average molecular weight is 355 g/mol. The molecule has 0 radical (unpaired) electrons. The molecule has 0 unspecified atom stereocenters. The van der Waals surface area contributed by atoms with Crippen LogP contribution >= 0.6 is 7.75 Å². The van der Waals surface area contributed by atoms with Crippen molar-refractivity contribution in [2.75, 3.05) is 27.1 Å². The second kappa shape index (κ2) is 7.63. The molecule has 0 fully saturated rings. The second-order valence-corrected chi connectivity index (χ2v) is 8.54. The van der Waals surface area contributed by atoms with Gasteiger partial charge in [0.1, 0.15) is 6.67 Å². The van der Waals surface area contributed by atoms with Crippen LogP contribution in [0.4, 0.5) is 4.39 Å². The third kappa shape index (κ3) is 4.84. The van der Waals surface area contributed by atoms with E-state index in [9.17, 15) is 22.5 Å². The van der Waals surface area contributed by atoms with E-state index in [1.807, 2.05) is 0 Å². The molecule has 0 aromatic heterocycles. The van der Waals surface area contributed by atoms with Gasteiger partial charge >= 0.3 is 7.75 Å². The van der Waals surface area contributed by atoms with E-state index in [0.29, 0.717) is 0 Å². The van der Waals surface area contributed by atoms with Crippen molar-refractivity contribution in [1.82, 2.24) is 5.09 Å². The maximum Gasteiger partial charge on any atom is 0.405 e. The Balaban J connectivity index is 2.97. The van der Waals surface area contributed by atoms with Crippen LogP contribution in [0.2, 0.25) is 0 Å². The second-order valence-electron chi connectivity index (χ2n) is 4.54. The Morgan fingerprint density at radius 1 is 1.27 bits per heavy atom. The summed E-state index contributed by atoms with van der Waals surface area (Å²) in [6.45, 7) is -1.04. The normalized spacial score (nSPS) is 15.5. The molecule has 1 aromatic rings. The van der Waals surface area contributed by atoms with Gasteiger partial charge in [0.15, 0.2) is 9.84 Å². The Labute approximate surface area is 129 Å². The van der Waals surface area contributed by atoms with E-state index in [2.05, 4.69) is 14.1 Å². The lowest BCUT2D eigenvalue weighted by molar-refractivity contribution is 0.117. The minimum Gasteiger partial charge on any atom is -0.387 e. The minimum absolute atomic E-state index is 0.0765. The highest BCUT2D eigenvalue weighted by atomic mass is 32.2. The highest BCUT2D eigenvalue weighted by Crippen LogP contribution is 2.43. The number of sulfone groups is 1. The molecule has 0 spiro atoms. The number of alkyl halides is 1. The van der Waals surface area contributed by atoms with Crippen LogP contribution < -0.4 is 5.09 Å². The molecular formula is C12H19FNO6PS. The summed E-state index contributed by atoms with van der Waals surface area (Å²) in [5.41, 5.74) is 0.265. The SMILES string of the molecule is COP(=O)(N[C@H](CF)[C@H](O)c1ccc(S(C)(=O)=O)cc1)OC. The topological polar surface area (TPSA) is 102 Å². The lowest BCUT2D eigenvalue weighted by atomic mass is 10.0. The first-order valence-corrected chi connectivity index (χ1v) is 9.63. The molecule has 126 valence electrons. The van der Waals surface area contributed by atoms with E-state index in [0.717, 1.165) is 20.5 Å². The summed E-state index contributed by atoms with van der Waals surface area (Å²) >= 11 is 0. The van der Waals surface area contributed by atoms with Gasteiger partial charge in [0.2, 0.25) is 0 Å². The zero-order chi connectivity index (χ0) is 17.0. The third-order valence-electron chi connectivity index (χ3n) is 3.00. The van der Waals surface area contributed by atoms with E-state index in [1.54, 1.807) is 0 Å². The van der Waals surface area contributed by atoms with Gasteiger partial charge in [-0.25, -0.2) is 22.5 Å². The zero-order valence-corrected chi connectivity index (χ0v) is 14.1. The smallest absolute Gasteiger partial charge is 0.387 e. The molecule has 1 aromatic carbocycles. The molecule has 0 aliphatic heterocycles. The van der Waals surface area contributed by atoms with Crippen LogP contribution in [0.5, 0.6) is 0 Å². The van der Waals surface area contributed by atoms with Crippen LogP contribution in [0.1, 0.15) is 11.7 Å². The van der Waals surface area contributed by atoms with Crippen molar-refractivity contribution in [3.63, 3.8) is 0 Å². The van der Waals surface area contributed by atoms with Crippen molar-refractivity contribution in [2.24, 2.45) is 0 Å². The lowest BCUT2D eigenvalue weighted by Crippen LogP contribution is -2.35. The standard InChI is InChI=1S/C12H19FNO6PS/c1-19-21(16,20-2)14-11(8-13)12(15)9-4-6-10(7-5-9)22(3,17)18/h4-7,11-12,15H,8H2,1-3H3,(H,14,16)/t11-,12-/m1/s1. The Morgan fingerprint density at radius 3 is 2.14 bits per heavy atom. The fraction of sp³-hybridized carbons (Fsp3) is 0.500. The predicted octanol–water partition coefficient (Wildman–Crippen LogP) is 1.45. The molecule has 10 heteroatoms. The van der Waals surface area contributed by atoms with Gasteiger partial charge in [0.05, 0.1) is 17.0 Å². The molecule has 0 amide bonds. The number of aliphatic hydroxyl groups excluding tert-OH is 1. The molecule has 2 N–H and O–H groups in total. The van der Waals surface area contributed by atoms with Gasteiger partial charge in [-0.15, -0.1) is 0 Å². The number of rotatable bonds is 8. The lowest BCUT2D eigenvalue weighted by Gasteiger charge is -2.25. The molecule has 0 aliphatic rings. The Kier molecular flexibility index (Phi) is 6.66. The fourth-order valence-electron chi connectivity index (χ4n) is 1.72. The highest BCUT2D eigenvalue weighted by Gasteiger charge is 2.31. The third-order valence-corrected chi connectivity index (χ3v) is 5.74. The number of benzene rings is 1. The van der Waals surface area contributed by atoms with Crippen LogP contribution in [0, 0.1) is 0 Å². The average Bonchev–Trinajstić information content (AvgIpc) is 2.51. The Hall–Kier alpha value is -0.830. The van der Waals surface area contributed by atoms with Gasteiger partial charge in [-0.1, -0.05) is 12.1 Å². The summed E-state index contributed by atoms with van der Waals surface area (Å²) < 4.78 is 57.0. The molecule has 0 saturated heterocycles. The number of hydrogen-bond donors (Lipinski definition) is 2. The molecule has 0 bridgehead atoms. The fourth-order valence-corrected chi connectivity index (χ4v) is 3.32. The molecular weight excluding hydrogens is 336 g/mol. The van der Waals surface area contributed by atoms with Crippen LogP contribution in [-0.4, -0.2) is 46.7 Å². The first kappa shape index (κ1) is 19.2. The highest BCUT2D eigenvalue weighted by molar-refractivity contribution is 7.90. The number of aliphatic hydroxyl groups is 1. The van der Waals surface area contributed by atoms with Gasteiger partial charge < -0.3 is 14.2 Å². The molecule has 2 atom stereocenters. The zero-order valence-electron chi connectivity index (χ0n) is 12.4. The van der Waals surface area contributed by atoms with Crippen molar-refractivity contribution in [2.45, 2.75) is 17.0 Å². The predicted molar refractivity (Wildman–Crippen MR) is 79.0 cm³/mol. The summed E-state index contributed by atoms with van der Waals surface area (Å²) in [6, 6.07) is 4.08. The minimum atomic E-state index is -3.71. The number of nitrogens with one attached hydrogen (secondary N) is 1. The first-order valence-electron chi connectivity index (χ1n) is 6.20.